The van der Waals surface area contributed by atoms with E-state index in [1.54, 1.807) is 24.1 Å². The molecule has 0 fully saturated rings. The van der Waals surface area contributed by atoms with Crippen LogP contribution in [0.1, 0.15) is 11.4 Å². The van der Waals surface area contributed by atoms with Crippen molar-refractivity contribution in [3.05, 3.63) is 46.5 Å². The van der Waals surface area contributed by atoms with Gasteiger partial charge in [0.25, 0.3) is 0 Å². The molecule has 0 spiro atoms. The van der Waals surface area contributed by atoms with Crippen molar-refractivity contribution in [1.29, 1.82) is 0 Å². The van der Waals surface area contributed by atoms with Crippen molar-refractivity contribution in [3.8, 4) is 5.75 Å². The smallest absolute Gasteiger partial charge is 0.206 e. The number of halogens is 1. The highest BCUT2D eigenvalue weighted by molar-refractivity contribution is 9.10. The molecule has 0 unspecified atom stereocenters. The topological polar surface area (TPSA) is 85.7 Å². The van der Waals surface area contributed by atoms with Crippen molar-refractivity contribution >= 4 is 21.8 Å². The first-order valence-electron chi connectivity index (χ1n) is 5.47. The van der Waals surface area contributed by atoms with E-state index in [-0.39, 0.29) is 5.84 Å². The first-order chi connectivity index (χ1) is 9.15. The van der Waals surface area contributed by atoms with Crippen LogP contribution in [0, 0.1) is 0 Å². The van der Waals surface area contributed by atoms with Gasteiger partial charge in [0.2, 0.25) is 5.84 Å². The zero-order chi connectivity index (χ0) is 13.8. The van der Waals surface area contributed by atoms with Crippen molar-refractivity contribution in [3.63, 3.8) is 0 Å². The molecule has 1 aromatic heterocycles. The summed E-state index contributed by atoms with van der Waals surface area (Å²) < 4.78 is 8.04. The van der Waals surface area contributed by atoms with E-state index in [4.69, 9.17) is 15.7 Å². The summed E-state index contributed by atoms with van der Waals surface area (Å²) in [7, 11) is 1.62. The van der Waals surface area contributed by atoms with Gasteiger partial charge in [-0.25, -0.2) is 4.98 Å². The number of rotatable bonds is 4. The number of aromatic nitrogens is 2. The van der Waals surface area contributed by atoms with E-state index < -0.39 is 0 Å². The number of methoxy groups -OCH3 is 1. The number of nitrogens with zero attached hydrogens (tertiary/aromatic N) is 3. The molecule has 6 nitrogen and oxygen atoms in total. The van der Waals surface area contributed by atoms with E-state index in [9.17, 15) is 0 Å². The molecular formula is C12H13BrN4O2. The minimum absolute atomic E-state index is 0.0287. The van der Waals surface area contributed by atoms with E-state index in [1.165, 1.54) is 0 Å². The summed E-state index contributed by atoms with van der Waals surface area (Å²) in [5, 5.41) is 11.7. The Hall–Kier alpha value is -2.02. The molecule has 2 rings (SSSR count). The molecule has 0 aliphatic heterocycles. The normalized spacial score (nSPS) is 11.6. The maximum Gasteiger partial charge on any atom is 0.206 e. The number of nitrogens with two attached hydrogens (primary N) is 1. The van der Waals surface area contributed by atoms with Crippen LogP contribution in [-0.4, -0.2) is 27.7 Å². The minimum atomic E-state index is -0.0287. The Morgan fingerprint density at radius 3 is 3.05 bits per heavy atom. The summed E-state index contributed by atoms with van der Waals surface area (Å²) >= 11 is 3.42. The lowest BCUT2D eigenvalue weighted by Crippen LogP contribution is -2.20. The third kappa shape index (κ3) is 2.87. The Morgan fingerprint density at radius 2 is 2.37 bits per heavy atom. The van der Waals surface area contributed by atoms with Gasteiger partial charge in [0, 0.05) is 22.4 Å². The quantitative estimate of drug-likeness (QED) is 0.388. The largest absolute Gasteiger partial charge is 0.496 e. The van der Waals surface area contributed by atoms with Crippen LogP contribution in [0.2, 0.25) is 0 Å². The van der Waals surface area contributed by atoms with Gasteiger partial charge in [-0.1, -0.05) is 21.1 Å². The summed E-state index contributed by atoms with van der Waals surface area (Å²) in [6.07, 6.45) is 3.35. The van der Waals surface area contributed by atoms with Crippen LogP contribution in [-0.2, 0) is 6.54 Å². The van der Waals surface area contributed by atoms with Gasteiger partial charge in [-0.3, -0.25) is 0 Å². The third-order valence-electron chi connectivity index (χ3n) is 2.64. The number of oxime groups is 1. The van der Waals surface area contributed by atoms with Crippen LogP contribution in [0.3, 0.4) is 0 Å². The van der Waals surface area contributed by atoms with E-state index >= 15 is 0 Å². The van der Waals surface area contributed by atoms with Crippen LogP contribution >= 0.6 is 15.9 Å². The zero-order valence-electron chi connectivity index (χ0n) is 10.2. The SMILES string of the molecule is COc1ccc(Br)cc1Cn1ccnc1C(N)=NO. The van der Waals surface area contributed by atoms with Crippen LogP contribution in [0.4, 0.5) is 0 Å². The van der Waals surface area contributed by atoms with Gasteiger partial charge in [0.1, 0.15) is 5.75 Å². The predicted octanol–water partition coefficient (Wildman–Crippen LogP) is 1.80. The number of amidine groups is 1. The third-order valence-corrected chi connectivity index (χ3v) is 3.13. The van der Waals surface area contributed by atoms with Crippen molar-refractivity contribution in [2.75, 3.05) is 7.11 Å². The van der Waals surface area contributed by atoms with Gasteiger partial charge >= 0.3 is 0 Å². The van der Waals surface area contributed by atoms with Crippen LogP contribution in [0.15, 0.2) is 40.2 Å². The molecule has 100 valence electrons. The minimum Gasteiger partial charge on any atom is -0.496 e. The lowest BCUT2D eigenvalue weighted by molar-refractivity contribution is 0.318. The molecule has 0 saturated heterocycles. The highest BCUT2D eigenvalue weighted by Crippen LogP contribution is 2.24. The molecule has 0 bridgehead atoms. The van der Waals surface area contributed by atoms with Crippen molar-refractivity contribution in [1.82, 2.24) is 9.55 Å². The Labute approximate surface area is 118 Å². The molecule has 0 aliphatic rings. The number of imidazole rings is 1. The second-order valence-electron chi connectivity index (χ2n) is 3.82. The molecule has 1 heterocycles. The fraction of sp³-hybridized carbons (Fsp3) is 0.167. The molecule has 0 atom stereocenters. The molecule has 0 aliphatic carbocycles. The number of hydrogen-bond donors (Lipinski definition) is 2. The van der Waals surface area contributed by atoms with E-state index in [2.05, 4.69) is 26.1 Å². The highest BCUT2D eigenvalue weighted by atomic mass is 79.9. The van der Waals surface area contributed by atoms with Crippen molar-refractivity contribution in [2.45, 2.75) is 6.54 Å². The Balaban J connectivity index is 2.36. The molecule has 0 amide bonds. The van der Waals surface area contributed by atoms with Gasteiger partial charge in [-0.2, -0.15) is 0 Å². The molecular weight excluding hydrogens is 312 g/mol. The molecule has 19 heavy (non-hydrogen) atoms. The number of benzene rings is 1. The summed E-state index contributed by atoms with van der Waals surface area (Å²) in [6, 6.07) is 5.73. The van der Waals surface area contributed by atoms with E-state index in [1.807, 2.05) is 18.2 Å². The lowest BCUT2D eigenvalue weighted by Gasteiger charge is -2.11. The van der Waals surface area contributed by atoms with Crippen molar-refractivity contribution in [2.24, 2.45) is 10.9 Å². The highest BCUT2D eigenvalue weighted by Gasteiger charge is 2.11. The molecule has 0 saturated carbocycles. The Morgan fingerprint density at radius 1 is 1.58 bits per heavy atom. The van der Waals surface area contributed by atoms with Crippen LogP contribution in [0.5, 0.6) is 5.75 Å². The Kier molecular flexibility index (Phi) is 4.06. The van der Waals surface area contributed by atoms with E-state index in [0.29, 0.717) is 12.4 Å². The van der Waals surface area contributed by atoms with Gasteiger partial charge in [0.05, 0.1) is 13.7 Å². The molecule has 1 aromatic carbocycles. The summed E-state index contributed by atoms with van der Waals surface area (Å²) in [5.41, 5.74) is 6.53. The van der Waals surface area contributed by atoms with Crippen LogP contribution < -0.4 is 10.5 Å². The average Bonchev–Trinajstić information content (AvgIpc) is 2.86. The lowest BCUT2D eigenvalue weighted by atomic mass is 10.2. The molecule has 0 radical (unpaired) electrons. The zero-order valence-corrected chi connectivity index (χ0v) is 11.8. The standard InChI is InChI=1S/C12H13BrN4O2/c1-19-10-3-2-9(13)6-8(10)7-17-5-4-15-12(17)11(14)16-18/h2-6,18H,7H2,1H3,(H2,14,16). The first-order valence-corrected chi connectivity index (χ1v) is 6.26. The molecule has 3 N–H and O–H groups in total. The van der Waals surface area contributed by atoms with Gasteiger partial charge in [0.15, 0.2) is 5.82 Å². The maximum absolute atomic E-state index is 8.72. The van der Waals surface area contributed by atoms with Gasteiger partial charge < -0.3 is 20.2 Å². The molecule has 2 aromatic rings. The van der Waals surface area contributed by atoms with Gasteiger partial charge in [-0.15, -0.1) is 0 Å². The fourth-order valence-electron chi connectivity index (χ4n) is 1.77. The summed E-state index contributed by atoms with van der Waals surface area (Å²) in [6.45, 7) is 0.508. The summed E-state index contributed by atoms with van der Waals surface area (Å²) in [5.74, 6) is 1.14. The number of hydrogen-bond acceptors (Lipinski definition) is 4. The molecule has 7 heteroatoms. The van der Waals surface area contributed by atoms with Crippen LogP contribution in [0.25, 0.3) is 0 Å². The first kappa shape index (κ1) is 13.4. The number of ether oxygens (including phenoxy) is 1. The average molecular weight is 325 g/mol. The second kappa shape index (κ2) is 5.75. The Bertz CT molecular complexity index is 610. The predicted molar refractivity (Wildman–Crippen MR) is 74.5 cm³/mol. The maximum atomic E-state index is 8.72. The summed E-state index contributed by atoms with van der Waals surface area (Å²) in [4.78, 5) is 4.06. The second-order valence-corrected chi connectivity index (χ2v) is 4.74. The fourth-order valence-corrected chi connectivity index (χ4v) is 2.18. The van der Waals surface area contributed by atoms with E-state index in [0.717, 1.165) is 15.8 Å². The van der Waals surface area contributed by atoms with Gasteiger partial charge in [-0.05, 0) is 18.2 Å². The monoisotopic (exact) mass is 324 g/mol. The van der Waals surface area contributed by atoms with Crippen molar-refractivity contribution < 1.29 is 9.94 Å².